The average Bonchev–Trinajstić information content (AvgIpc) is 3.06. The minimum absolute atomic E-state index is 0.265. The lowest BCUT2D eigenvalue weighted by atomic mass is 9.83. The van der Waals surface area contributed by atoms with Crippen LogP contribution in [0, 0.1) is 17.8 Å². The van der Waals surface area contributed by atoms with Gasteiger partial charge in [-0.1, -0.05) is 26.7 Å². The number of nitrogens with zero attached hydrogens (tertiary/aromatic N) is 3. The van der Waals surface area contributed by atoms with E-state index in [1.54, 1.807) is 0 Å². The van der Waals surface area contributed by atoms with Crippen LogP contribution in [0.3, 0.4) is 0 Å². The van der Waals surface area contributed by atoms with E-state index in [1.165, 1.54) is 32.2 Å². The van der Waals surface area contributed by atoms with Crippen molar-refractivity contribution >= 4 is 5.91 Å². The van der Waals surface area contributed by atoms with Gasteiger partial charge in [-0.2, -0.15) is 0 Å². The molecule has 1 aliphatic carbocycles. The van der Waals surface area contributed by atoms with E-state index in [0.717, 1.165) is 64.1 Å². The van der Waals surface area contributed by atoms with Crippen molar-refractivity contribution in [3.05, 3.63) is 0 Å². The molecule has 3 aliphatic rings. The van der Waals surface area contributed by atoms with Crippen LogP contribution in [0.5, 0.6) is 0 Å². The van der Waals surface area contributed by atoms with E-state index in [9.17, 15) is 4.79 Å². The fraction of sp³-hybridized carbons (Fsp3) is 0.947. The maximum absolute atomic E-state index is 12.7. The van der Waals surface area contributed by atoms with Crippen molar-refractivity contribution in [1.82, 2.24) is 14.7 Å². The van der Waals surface area contributed by atoms with Gasteiger partial charge in [0.2, 0.25) is 5.91 Å². The molecule has 3 rings (SSSR count). The zero-order valence-electron chi connectivity index (χ0n) is 15.2. The lowest BCUT2D eigenvalue weighted by Gasteiger charge is -2.38. The van der Waals surface area contributed by atoms with Gasteiger partial charge in [-0.05, 0) is 44.2 Å². The fourth-order valence-corrected chi connectivity index (χ4v) is 4.61. The Balaban J connectivity index is 1.39. The minimum Gasteiger partial charge on any atom is -0.340 e. The molecule has 3 fully saturated rings. The van der Waals surface area contributed by atoms with Crippen LogP contribution in [-0.4, -0.2) is 73.0 Å². The molecule has 0 unspecified atom stereocenters. The van der Waals surface area contributed by atoms with Gasteiger partial charge in [0.15, 0.2) is 0 Å². The number of rotatable bonds is 4. The summed E-state index contributed by atoms with van der Waals surface area (Å²) >= 11 is 0. The summed E-state index contributed by atoms with van der Waals surface area (Å²) in [6.07, 6.45) is 6.72. The van der Waals surface area contributed by atoms with Gasteiger partial charge in [0, 0.05) is 39.3 Å². The van der Waals surface area contributed by atoms with E-state index >= 15 is 0 Å². The smallest absolute Gasteiger partial charge is 0.227 e. The number of hydrogen-bond acceptors (Lipinski definition) is 3. The quantitative estimate of drug-likeness (QED) is 0.795. The Morgan fingerprint density at radius 1 is 0.913 bits per heavy atom. The molecule has 0 aromatic rings. The molecule has 0 bridgehead atoms. The Labute approximate surface area is 142 Å². The molecule has 2 saturated heterocycles. The van der Waals surface area contributed by atoms with Crippen LogP contribution < -0.4 is 0 Å². The van der Waals surface area contributed by atoms with Gasteiger partial charge in [0.25, 0.3) is 0 Å². The molecule has 4 heteroatoms. The third kappa shape index (κ3) is 4.48. The molecular weight excluding hydrogens is 286 g/mol. The predicted octanol–water partition coefficient (Wildman–Crippen LogP) is 2.30. The molecule has 1 atom stereocenters. The lowest BCUT2D eigenvalue weighted by molar-refractivity contribution is -0.137. The predicted molar refractivity (Wildman–Crippen MR) is 94.4 cm³/mol. The van der Waals surface area contributed by atoms with Crippen molar-refractivity contribution in [2.75, 3.05) is 52.4 Å². The van der Waals surface area contributed by atoms with Gasteiger partial charge in [0.05, 0.1) is 5.92 Å². The van der Waals surface area contributed by atoms with Crippen LogP contribution in [0.2, 0.25) is 0 Å². The topological polar surface area (TPSA) is 26.8 Å². The van der Waals surface area contributed by atoms with Gasteiger partial charge in [0.1, 0.15) is 0 Å². The summed E-state index contributed by atoms with van der Waals surface area (Å²) in [5.41, 5.74) is 0. The first-order valence-electron chi connectivity index (χ1n) is 9.89. The highest BCUT2D eigenvalue weighted by Crippen LogP contribution is 2.29. The van der Waals surface area contributed by atoms with Gasteiger partial charge in [-0.15, -0.1) is 0 Å². The molecule has 4 nitrogen and oxygen atoms in total. The standard InChI is InChI=1S/C19H35N3O/c1-3-20-9-8-18(15-20)19(23)22-12-10-21(11-13-22)14-17-6-4-16(2)5-7-17/h16-18H,3-15H2,1-2H3/t16?,17?,18-/m1/s1. The van der Waals surface area contributed by atoms with Gasteiger partial charge >= 0.3 is 0 Å². The monoisotopic (exact) mass is 321 g/mol. The number of amides is 1. The molecule has 1 saturated carbocycles. The van der Waals surface area contributed by atoms with E-state index in [1.807, 2.05) is 0 Å². The molecule has 2 heterocycles. The lowest BCUT2D eigenvalue weighted by Crippen LogP contribution is -2.51. The van der Waals surface area contributed by atoms with Crippen LogP contribution >= 0.6 is 0 Å². The van der Waals surface area contributed by atoms with Crippen LogP contribution in [0.4, 0.5) is 0 Å². The summed E-state index contributed by atoms with van der Waals surface area (Å²) in [7, 11) is 0. The van der Waals surface area contributed by atoms with Crippen LogP contribution in [-0.2, 0) is 4.79 Å². The van der Waals surface area contributed by atoms with Gasteiger partial charge in [-0.25, -0.2) is 0 Å². The van der Waals surface area contributed by atoms with E-state index < -0.39 is 0 Å². The Kier molecular flexibility index (Phi) is 5.97. The summed E-state index contributed by atoms with van der Waals surface area (Å²) in [5.74, 6) is 2.53. The Morgan fingerprint density at radius 2 is 1.61 bits per heavy atom. The molecule has 2 aliphatic heterocycles. The molecule has 0 aromatic carbocycles. The number of hydrogen-bond donors (Lipinski definition) is 0. The van der Waals surface area contributed by atoms with Gasteiger partial charge in [-0.3, -0.25) is 9.69 Å². The summed E-state index contributed by atoms with van der Waals surface area (Å²) in [6.45, 7) is 13.1. The minimum atomic E-state index is 0.265. The average molecular weight is 322 g/mol. The first kappa shape index (κ1) is 17.2. The Hall–Kier alpha value is -0.610. The summed E-state index contributed by atoms with van der Waals surface area (Å²) in [4.78, 5) is 19.8. The second-order valence-electron chi connectivity index (χ2n) is 8.13. The number of carbonyl (C=O) groups excluding carboxylic acids is 1. The maximum Gasteiger partial charge on any atom is 0.227 e. The first-order valence-corrected chi connectivity index (χ1v) is 9.89. The molecule has 0 N–H and O–H groups in total. The highest BCUT2D eigenvalue weighted by molar-refractivity contribution is 5.79. The fourth-order valence-electron chi connectivity index (χ4n) is 4.61. The normalized spacial score (nSPS) is 34.0. The zero-order chi connectivity index (χ0) is 16.2. The highest BCUT2D eigenvalue weighted by Gasteiger charge is 2.32. The molecular formula is C19H35N3O. The zero-order valence-corrected chi connectivity index (χ0v) is 15.2. The maximum atomic E-state index is 12.7. The second-order valence-corrected chi connectivity index (χ2v) is 8.13. The van der Waals surface area contributed by atoms with Crippen molar-refractivity contribution in [2.24, 2.45) is 17.8 Å². The number of piperazine rings is 1. The Morgan fingerprint density at radius 3 is 2.22 bits per heavy atom. The second kappa shape index (κ2) is 7.98. The third-order valence-corrected chi connectivity index (χ3v) is 6.40. The largest absolute Gasteiger partial charge is 0.340 e. The molecule has 0 aromatic heterocycles. The van der Waals surface area contributed by atoms with E-state index in [-0.39, 0.29) is 5.92 Å². The molecule has 0 spiro atoms. The van der Waals surface area contributed by atoms with E-state index in [4.69, 9.17) is 0 Å². The van der Waals surface area contributed by atoms with Crippen LogP contribution in [0.1, 0.15) is 46.0 Å². The van der Waals surface area contributed by atoms with E-state index in [2.05, 4.69) is 28.5 Å². The number of carbonyl (C=O) groups is 1. The van der Waals surface area contributed by atoms with E-state index in [0.29, 0.717) is 5.91 Å². The van der Waals surface area contributed by atoms with Crippen LogP contribution in [0.25, 0.3) is 0 Å². The molecule has 23 heavy (non-hydrogen) atoms. The van der Waals surface area contributed by atoms with Crippen molar-refractivity contribution in [3.63, 3.8) is 0 Å². The van der Waals surface area contributed by atoms with Crippen molar-refractivity contribution in [2.45, 2.75) is 46.0 Å². The summed E-state index contributed by atoms with van der Waals surface area (Å²) in [6, 6.07) is 0. The Bertz CT molecular complexity index is 384. The molecule has 132 valence electrons. The van der Waals surface area contributed by atoms with Crippen molar-refractivity contribution < 1.29 is 4.79 Å². The molecule has 1 amide bonds. The van der Waals surface area contributed by atoms with Crippen molar-refractivity contribution in [1.29, 1.82) is 0 Å². The van der Waals surface area contributed by atoms with Gasteiger partial charge < -0.3 is 9.80 Å². The summed E-state index contributed by atoms with van der Waals surface area (Å²) < 4.78 is 0. The SMILES string of the molecule is CCN1CC[C@@H](C(=O)N2CCN(CC3CCC(C)CC3)CC2)C1. The highest BCUT2D eigenvalue weighted by atomic mass is 16.2. The van der Waals surface area contributed by atoms with Crippen molar-refractivity contribution in [3.8, 4) is 0 Å². The third-order valence-electron chi connectivity index (χ3n) is 6.40. The first-order chi connectivity index (χ1) is 11.2. The van der Waals surface area contributed by atoms with Crippen LogP contribution in [0.15, 0.2) is 0 Å². The summed E-state index contributed by atoms with van der Waals surface area (Å²) in [5, 5.41) is 0. The number of likely N-dealkylation sites (tertiary alicyclic amines) is 1. The molecule has 0 radical (unpaired) electrons.